The predicted octanol–water partition coefficient (Wildman–Crippen LogP) is 1.98. The number of benzene rings is 1. The molecule has 1 aliphatic heterocycles. The fourth-order valence-corrected chi connectivity index (χ4v) is 3.13. The SMILES string of the molecule is COc1ccc(C)cc1NC(=O)CN1CCNCC1c1cccnc1. The van der Waals surface area contributed by atoms with E-state index in [2.05, 4.69) is 26.6 Å². The molecule has 6 heteroatoms. The van der Waals surface area contributed by atoms with E-state index in [9.17, 15) is 4.79 Å². The summed E-state index contributed by atoms with van der Waals surface area (Å²) in [4.78, 5) is 19.0. The van der Waals surface area contributed by atoms with E-state index in [-0.39, 0.29) is 11.9 Å². The van der Waals surface area contributed by atoms with E-state index in [0.29, 0.717) is 18.0 Å². The molecule has 6 nitrogen and oxygen atoms in total. The van der Waals surface area contributed by atoms with E-state index in [4.69, 9.17) is 4.74 Å². The molecule has 1 aliphatic rings. The largest absolute Gasteiger partial charge is 0.495 e. The van der Waals surface area contributed by atoms with Crippen LogP contribution in [0, 0.1) is 6.92 Å². The van der Waals surface area contributed by atoms with Gasteiger partial charge in [0.2, 0.25) is 5.91 Å². The van der Waals surface area contributed by atoms with Crippen molar-refractivity contribution in [2.24, 2.45) is 0 Å². The minimum atomic E-state index is -0.0420. The summed E-state index contributed by atoms with van der Waals surface area (Å²) < 4.78 is 5.34. The molecule has 1 amide bonds. The van der Waals surface area contributed by atoms with E-state index in [1.165, 1.54) is 0 Å². The van der Waals surface area contributed by atoms with Gasteiger partial charge in [0.05, 0.1) is 19.3 Å². The van der Waals surface area contributed by atoms with Gasteiger partial charge in [-0.3, -0.25) is 14.7 Å². The van der Waals surface area contributed by atoms with Gasteiger partial charge < -0.3 is 15.4 Å². The quantitative estimate of drug-likeness (QED) is 0.871. The van der Waals surface area contributed by atoms with Crippen molar-refractivity contribution in [1.29, 1.82) is 0 Å². The first-order valence-corrected chi connectivity index (χ1v) is 8.46. The van der Waals surface area contributed by atoms with E-state index in [1.54, 1.807) is 13.3 Å². The fourth-order valence-electron chi connectivity index (χ4n) is 3.13. The first kappa shape index (κ1) is 17.4. The van der Waals surface area contributed by atoms with Crippen molar-refractivity contribution in [3.05, 3.63) is 53.9 Å². The third-order valence-corrected chi connectivity index (χ3v) is 4.40. The highest BCUT2D eigenvalue weighted by atomic mass is 16.5. The number of nitrogens with one attached hydrogen (secondary N) is 2. The van der Waals surface area contributed by atoms with Gasteiger partial charge >= 0.3 is 0 Å². The van der Waals surface area contributed by atoms with Crippen molar-refractivity contribution in [1.82, 2.24) is 15.2 Å². The molecule has 1 atom stereocenters. The second kappa shape index (κ2) is 8.09. The van der Waals surface area contributed by atoms with Crippen LogP contribution >= 0.6 is 0 Å². The Morgan fingerprint density at radius 3 is 3.08 bits per heavy atom. The van der Waals surface area contributed by atoms with Gasteiger partial charge in [-0.05, 0) is 36.2 Å². The number of hydrogen-bond acceptors (Lipinski definition) is 5. The van der Waals surface area contributed by atoms with Crippen LogP contribution in [0.2, 0.25) is 0 Å². The summed E-state index contributed by atoms with van der Waals surface area (Å²) in [5, 5.41) is 6.37. The maximum Gasteiger partial charge on any atom is 0.238 e. The van der Waals surface area contributed by atoms with Crippen LogP contribution in [0.15, 0.2) is 42.7 Å². The topological polar surface area (TPSA) is 66.5 Å². The second-order valence-corrected chi connectivity index (χ2v) is 6.23. The van der Waals surface area contributed by atoms with Crippen LogP contribution in [0.4, 0.5) is 5.69 Å². The normalized spacial score (nSPS) is 17.9. The van der Waals surface area contributed by atoms with Gasteiger partial charge in [-0.15, -0.1) is 0 Å². The van der Waals surface area contributed by atoms with Gasteiger partial charge in [0.1, 0.15) is 5.75 Å². The maximum atomic E-state index is 12.6. The van der Waals surface area contributed by atoms with Crippen LogP contribution in [-0.4, -0.2) is 49.1 Å². The van der Waals surface area contributed by atoms with E-state index >= 15 is 0 Å². The second-order valence-electron chi connectivity index (χ2n) is 6.23. The molecule has 1 fully saturated rings. The number of aryl methyl sites for hydroxylation is 1. The number of anilines is 1. The molecule has 0 aliphatic carbocycles. The third-order valence-electron chi connectivity index (χ3n) is 4.40. The number of nitrogens with zero attached hydrogens (tertiary/aromatic N) is 2. The number of carbonyl (C=O) groups excluding carboxylic acids is 1. The van der Waals surface area contributed by atoms with Crippen molar-refractivity contribution < 1.29 is 9.53 Å². The number of methoxy groups -OCH3 is 1. The molecule has 0 saturated carbocycles. The van der Waals surface area contributed by atoms with Crippen LogP contribution in [-0.2, 0) is 4.79 Å². The molecule has 1 aromatic carbocycles. The average molecular weight is 340 g/mol. The Balaban J connectivity index is 1.70. The Morgan fingerprint density at radius 2 is 2.32 bits per heavy atom. The molecule has 1 unspecified atom stereocenters. The van der Waals surface area contributed by atoms with Crippen molar-refractivity contribution in [3.63, 3.8) is 0 Å². The lowest BCUT2D eigenvalue weighted by atomic mass is 10.1. The molecule has 1 aromatic heterocycles. The Labute approximate surface area is 148 Å². The highest BCUT2D eigenvalue weighted by Gasteiger charge is 2.25. The standard InChI is InChI=1S/C19H24N4O2/c1-14-5-6-18(25-2)16(10-14)22-19(24)13-23-9-8-21-12-17(23)15-4-3-7-20-11-15/h3-7,10-11,17,21H,8-9,12-13H2,1-2H3,(H,22,24). The van der Waals surface area contributed by atoms with Crippen LogP contribution in [0.3, 0.4) is 0 Å². The number of ether oxygens (including phenoxy) is 1. The summed E-state index contributed by atoms with van der Waals surface area (Å²) in [7, 11) is 1.61. The molecular formula is C19H24N4O2. The number of amides is 1. The zero-order valence-electron chi connectivity index (χ0n) is 14.7. The van der Waals surface area contributed by atoms with Gasteiger partial charge in [-0.1, -0.05) is 12.1 Å². The molecule has 0 radical (unpaired) electrons. The summed E-state index contributed by atoms with van der Waals surface area (Å²) in [5.41, 5.74) is 2.91. The molecule has 0 bridgehead atoms. The molecule has 3 rings (SSSR count). The van der Waals surface area contributed by atoms with Crippen molar-refractivity contribution >= 4 is 11.6 Å². The van der Waals surface area contributed by atoms with Crippen LogP contribution in [0.1, 0.15) is 17.2 Å². The van der Waals surface area contributed by atoms with Gasteiger partial charge in [-0.2, -0.15) is 0 Å². The Kier molecular flexibility index (Phi) is 5.63. The minimum Gasteiger partial charge on any atom is -0.495 e. The summed E-state index contributed by atoms with van der Waals surface area (Å²) in [5.74, 6) is 0.628. The Hall–Kier alpha value is -2.44. The number of aromatic nitrogens is 1. The van der Waals surface area contributed by atoms with Crippen molar-refractivity contribution in [2.75, 3.05) is 38.6 Å². The Bertz CT molecular complexity index is 721. The van der Waals surface area contributed by atoms with Crippen molar-refractivity contribution in [2.45, 2.75) is 13.0 Å². The molecule has 0 spiro atoms. The zero-order valence-corrected chi connectivity index (χ0v) is 14.7. The summed E-state index contributed by atoms with van der Waals surface area (Å²) in [6.45, 7) is 4.82. The van der Waals surface area contributed by atoms with Crippen LogP contribution in [0.25, 0.3) is 0 Å². The van der Waals surface area contributed by atoms with Gasteiger partial charge in [0, 0.05) is 38.1 Å². The van der Waals surface area contributed by atoms with Crippen molar-refractivity contribution in [3.8, 4) is 5.75 Å². The third kappa shape index (κ3) is 4.35. The fraction of sp³-hybridized carbons (Fsp3) is 0.368. The molecule has 2 aromatic rings. The summed E-state index contributed by atoms with van der Waals surface area (Å²) in [6, 6.07) is 9.89. The number of rotatable bonds is 5. The van der Waals surface area contributed by atoms with Gasteiger partial charge in [0.25, 0.3) is 0 Å². The predicted molar refractivity (Wildman–Crippen MR) is 97.8 cm³/mol. The number of hydrogen-bond donors (Lipinski definition) is 2. The molecule has 132 valence electrons. The number of piperazine rings is 1. The lowest BCUT2D eigenvalue weighted by molar-refractivity contribution is -0.118. The molecule has 2 N–H and O–H groups in total. The molecule has 25 heavy (non-hydrogen) atoms. The molecule has 1 saturated heterocycles. The number of carbonyl (C=O) groups is 1. The van der Waals surface area contributed by atoms with Gasteiger partial charge in [-0.25, -0.2) is 0 Å². The molecular weight excluding hydrogens is 316 g/mol. The smallest absolute Gasteiger partial charge is 0.238 e. The maximum absolute atomic E-state index is 12.6. The zero-order chi connectivity index (χ0) is 17.6. The number of pyridine rings is 1. The first-order chi connectivity index (χ1) is 12.2. The van der Waals surface area contributed by atoms with Crippen LogP contribution in [0.5, 0.6) is 5.75 Å². The highest BCUT2D eigenvalue weighted by molar-refractivity contribution is 5.93. The highest BCUT2D eigenvalue weighted by Crippen LogP contribution is 2.26. The van der Waals surface area contributed by atoms with Gasteiger partial charge in [0.15, 0.2) is 0 Å². The minimum absolute atomic E-state index is 0.0420. The van der Waals surface area contributed by atoms with E-state index < -0.39 is 0 Å². The van der Waals surface area contributed by atoms with Crippen LogP contribution < -0.4 is 15.4 Å². The average Bonchev–Trinajstić information content (AvgIpc) is 2.63. The lowest BCUT2D eigenvalue weighted by Crippen LogP contribution is -2.48. The summed E-state index contributed by atoms with van der Waals surface area (Å²) >= 11 is 0. The van der Waals surface area contributed by atoms with E-state index in [0.717, 1.165) is 30.8 Å². The first-order valence-electron chi connectivity index (χ1n) is 8.46. The Morgan fingerprint density at radius 1 is 1.44 bits per heavy atom. The lowest BCUT2D eigenvalue weighted by Gasteiger charge is -2.35. The molecule has 2 heterocycles. The summed E-state index contributed by atoms with van der Waals surface area (Å²) in [6.07, 6.45) is 3.63. The monoisotopic (exact) mass is 340 g/mol. The van der Waals surface area contributed by atoms with E-state index in [1.807, 2.05) is 37.4 Å².